The summed E-state index contributed by atoms with van der Waals surface area (Å²) >= 11 is 0. The van der Waals surface area contributed by atoms with E-state index in [0.717, 1.165) is 25.9 Å². The molecule has 1 aliphatic carbocycles. The van der Waals surface area contributed by atoms with Crippen molar-refractivity contribution in [2.24, 2.45) is 0 Å². The molecule has 0 aromatic carbocycles. The zero-order valence-corrected chi connectivity index (χ0v) is 7.92. The molecule has 0 amide bonds. The summed E-state index contributed by atoms with van der Waals surface area (Å²) in [5.41, 5.74) is 0. The zero-order chi connectivity index (χ0) is 8.97. The number of methoxy groups -OCH3 is 1. The van der Waals surface area contributed by atoms with Gasteiger partial charge < -0.3 is 15.2 Å². The molecule has 12 heavy (non-hydrogen) atoms. The monoisotopic (exact) mass is 173 g/mol. The van der Waals surface area contributed by atoms with E-state index in [1.165, 1.54) is 0 Å². The fourth-order valence-corrected chi connectivity index (χ4v) is 1.54. The Kier molecular flexibility index (Phi) is 3.98. The van der Waals surface area contributed by atoms with Crippen molar-refractivity contribution < 1.29 is 9.84 Å². The lowest BCUT2D eigenvalue weighted by molar-refractivity contribution is 0.0497. The van der Waals surface area contributed by atoms with Crippen LogP contribution in [-0.4, -0.2) is 37.0 Å². The zero-order valence-electron chi connectivity index (χ0n) is 7.92. The van der Waals surface area contributed by atoms with Gasteiger partial charge in [-0.2, -0.15) is 0 Å². The first-order chi connectivity index (χ1) is 5.76. The van der Waals surface area contributed by atoms with Crippen LogP contribution in [0.1, 0.15) is 26.2 Å². The topological polar surface area (TPSA) is 41.5 Å². The van der Waals surface area contributed by atoms with E-state index in [-0.39, 0.29) is 6.10 Å². The lowest BCUT2D eigenvalue weighted by Gasteiger charge is -2.35. The van der Waals surface area contributed by atoms with Gasteiger partial charge in [0.25, 0.3) is 0 Å². The second kappa shape index (κ2) is 4.80. The van der Waals surface area contributed by atoms with Crippen LogP contribution >= 0.6 is 0 Å². The van der Waals surface area contributed by atoms with E-state index in [0.29, 0.717) is 12.1 Å². The molecule has 0 aliphatic heterocycles. The van der Waals surface area contributed by atoms with Crippen molar-refractivity contribution in [1.29, 1.82) is 0 Å². The molecule has 3 heteroatoms. The van der Waals surface area contributed by atoms with Crippen LogP contribution in [0.25, 0.3) is 0 Å². The summed E-state index contributed by atoms with van der Waals surface area (Å²) in [6.07, 6.45) is 2.82. The SMILES string of the molecule is CCC(COC)NC1CC(O)C1. The highest BCUT2D eigenvalue weighted by Gasteiger charge is 2.28. The van der Waals surface area contributed by atoms with Crippen LogP contribution in [0.2, 0.25) is 0 Å². The standard InChI is InChI=1S/C9H19NO2/c1-3-7(6-12-2)10-8-4-9(11)5-8/h7-11H,3-6H2,1-2H3. The van der Waals surface area contributed by atoms with Gasteiger partial charge in [0.15, 0.2) is 0 Å². The lowest BCUT2D eigenvalue weighted by atomic mass is 9.89. The van der Waals surface area contributed by atoms with Crippen LogP contribution in [0.15, 0.2) is 0 Å². The summed E-state index contributed by atoms with van der Waals surface area (Å²) in [6.45, 7) is 2.91. The fourth-order valence-electron chi connectivity index (χ4n) is 1.54. The molecule has 1 fully saturated rings. The van der Waals surface area contributed by atoms with Crippen molar-refractivity contribution in [1.82, 2.24) is 5.32 Å². The molecule has 0 heterocycles. The van der Waals surface area contributed by atoms with Gasteiger partial charge >= 0.3 is 0 Å². The predicted molar refractivity (Wildman–Crippen MR) is 48.1 cm³/mol. The van der Waals surface area contributed by atoms with Crippen molar-refractivity contribution in [3.8, 4) is 0 Å². The predicted octanol–water partition coefficient (Wildman–Crippen LogP) is 0.524. The van der Waals surface area contributed by atoms with Crippen molar-refractivity contribution >= 4 is 0 Å². The summed E-state index contributed by atoms with van der Waals surface area (Å²) in [6, 6.07) is 0.965. The minimum atomic E-state index is -0.0671. The molecule has 1 atom stereocenters. The van der Waals surface area contributed by atoms with Crippen LogP contribution in [0.5, 0.6) is 0 Å². The van der Waals surface area contributed by atoms with Crippen LogP contribution in [-0.2, 0) is 4.74 Å². The Hall–Kier alpha value is -0.120. The van der Waals surface area contributed by atoms with Crippen LogP contribution < -0.4 is 5.32 Å². The second-order valence-corrected chi connectivity index (χ2v) is 3.55. The molecule has 3 nitrogen and oxygen atoms in total. The molecular weight excluding hydrogens is 154 g/mol. The molecule has 0 bridgehead atoms. The Morgan fingerprint density at radius 3 is 2.67 bits per heavy atom. The van der Waals surface area contributed by atoms with E-state index in [9.17, 15) is 0 Å². The minimum absolute atomic E-state index is 0.0671. The Bertz CT molecular complexity index is 124. The Labute approximate surface area is 74.1 Å². The van der Waals surface area contributed by atoms with Gasteiger partial charge in [-0.05, 0) is 19.3 Å². The maximum Gasteiger partial charge on any atom is 0.0615 e. The molecular formula is C9H19NO2. The van der Waals surface area contributed by atoms with Crippen molar-refractivity contribution in [3.63, 3.8) is 0 Å². The summed E-state index contributed by atoms with van der Waals surface area (Å²) in [5.74, 6) is 0. The Morgan fingerprint density at radius 1 is 1.58 bits per heavy atom. The van der Waals surface area contributed by atoms with Gasteiger partial charge in [0, 0.05) is 19.2 Å². The fraction of sp³-hybridized carbons (Fsp3) is 1.00. The molecule has 1 unspecified atom stereocenters. The Morgan fingerprint density at radius 2 is 2.25 bits per heavy atom. The minimum Gasteiger partial charge on any atom is -0.393 e. The van der Waals surface area contributed by atoms with Crippen LogP contribution in [0.3, 0.4) is 0 Å². The number of aliphatic hydroxyl groups excluding tert-OH is 1. The van der Waals surface area contributed by atoms with Crippen LogP contribution in [0, 0.1) is 0 Å². The van der Waals surface area contributed by atoms with E-state index >= 15 is 0 Å². The van der Waals surface area contributed by atoms with Gasteiger partial charge in [-0.25, -0.2) is 0 Å². The maximum absolute atomic E-state index is 9.06. The molecule has 2 N–H and O–H groups in total. The molecule has 1 saturated carbocycles. The van der Waals surface area contributed by atoms with Gasteiger partial charge in [0.2, 0.25) is 0 Å². The molecule has 1 aliphatic rings. The first kappa shape index (κ1) is 9.96. The smallest absolute Gasteiger partial charge is 0.0615 e. The average Bonchev–Trinajstić information content (AvgIpc) is 2.00. The summed E-state index contributed by atoms with van der Waals surface area (Å²) in [5, 5.41) is 12.5. The summed E-state index contributed by atoms with van der Waals surface area (Å²) in [4.78, 5) is 0. The van der Waals surface area contributed by atoms with Crippen LogP contribution in [0.4, 0.5) is 0 Å². The highest BCUT2D eigenvalue weighted by molar-refractivity contribution is 4.86. The summed E-state index contributed by atoms with van der Waals surface area (Å²) in [7, 11) is 1.72. The van der Waals surface area contributed by atoms with Gasteiger partial charge in [-0.3, -0.25) is 0 Å². The highest BCUT2D eigenvalue weighted by atomic mass is 16.5. The quantitative estimate of drug-likeness (QED) is 0.637. The van der Waals surface area contributed by atoms with E-state index in [1.54, 1.807) is 7.11 Å². The number of hydrogen-bond donors (Lipinski definition) is 2. The maximum atomic E-state index is 9.06. The average molecular weight is 173 g/mol. The first-order valence-electron chi connectivity index (χ1n) is 4.69. The van der Waals surface area contributed by atoms with Crippen molar-refractivity contribution in [3.05, 3.63) is 0 Å². The van der Waals surface area contributed by atoms with E-state index in [1.807, 2.05) is 0 Å². The molecule has 0 radical (unpaired) electrons. The van der Waals surface area contributed by atoms with Crippen molar-refractivity contribution in [2.75, 3.05) is 13.7 Å². The Balaban J connectivity index is 2.10. The highest BCUT2D eigenvalue weighted by Crippen LogP contribution is 2.20. The van der Waals surface area contributed by atoms with Gasteiger partial charge in [-0.15, -0.1) is 0 Å². The molecule has 0 aromatic heterocycles. The van der Waals surface area contributed by atoms with Gasteiger partial charge in [0.05, 0.1) is 12.7 Å². The molecule has 0 spiro atoms. The van der Waals surface area contributed by atoms with E-state index < -0.39 is 0 Å². The van der Waals surface area contributed by atoms with E-state index in [2.05, 4.69) is 12.2 Å². The first-order valence-corrected chi connectivity index (χ1v) is 4.69. The molecule has 0 aromatic rings. The third kappa shape index (κ3) is 2.73. The normalized spacial score (nSPS) is 31.2. The largest absolute Gasteiger partial charge is 0.393 e. The lowest BCUT2D eigenvalue weighted by Crippen LogP contribution is -2.49. The summed E-state index contributed by atoms with van der Waals surface area (Å²) < 4.78 is 5.07. The van der Waals surface area contributed by atoms with Crippen molar-refractivity contribution in [2.45, 2.75) is 44.4 Å². The number of hydrogen-bond acceptors (Lipinski definition) is 3. The third-order valence-electron chi connectivity index (χ3n) is 2.45. The van der Waals surface area contributed by atoms with E-state index in [4.69, 9.17) is 9.84 Å². The molecule has 0 saturated heterocycles. The number of rotatable bonds is 5. The van der Waals surface area contributed by atoms with Gasteiger partial charge in [-0.1, -0.05) is 6.92 Å². The third-order valence-corrected chi connectivity index (χ3v) is 2.45. The number of aliphatic hydroxyl groups is 1. The number of nitrogens with one attached hydrogen (secondary N) is 1. The molecule has 72 valence electrons. The molecule has 1 rings (SSSR count). The number of ether oxygens (including phenoxy) is 1. The second-order valence-electron chi connectivity index (χ2n) is 3.55. The van der Waals surface area contributed by atoms with Gasteiger partial charge in [0.1, 0.15) is 0 Å².